The normalized spacial score (nSPS) is 29.0. The van der Waals surface area contributed by atoms with Gasteiger partial charge in [-0.15, -0.1) is 0 Å². The minimum Gasteiger partial charge on any atom is -0.481 e. The van der Waals surface area contributed by atoms with Gasteiger partial charge in [0.05, 0.1) is 5.92 Å². The summed E-state index contributed by atoms with van der Waals surface area (Å²) in [5, 5.41) is 11.8. The highest BCUT2D eigenvalue weighted by atomic mass is 16.4. The second-order valence-electron chi connectivity index (χ2n) is 6.88. The Hall–Kier alpha value is -2.37. The van der Waals surface area contributed by atoms with Gasteiger partial charge in [-0.3, -0.25) is 14.4 Å². The van der Waals surface area contributed by atoms with Crippen molar-refractivity contribution in [1.82, 2.24) is 10.2 Å². The molecular formula is C18H22N2O4. The Morgan fingerprint density at radius 3 is 2.50 bits per heavy atom. The summed E-state index contributed by atoms with van der Waals surface area (Å²) in [6, 6.07) is 8.86. The van der Waals surface area contributed by atoms with E-state index in [4.69, 9.17) is 5.11 Å². The third kappa shape index (κ3) is 2.88. The third-order valence-electron chi connectivity index (χ3n) is 5.22. The summed E-state index contributed by atoms with van der Waals surface area (Å²) >= 11 is 0. The zero-order valence-electron chi connectivity index (χ0n) is 13.7. The lowest BCUT2D eigenvalue weighted by Crippen LogP contribution is -2.59. The first-order valence-corrected chi connectivity index (χ1v) is 8.32. The molecule has 1 aliphatic heterocycles. The molecule has 6 heteroatoms. The van der Waals surface area contributed by atoms with Crippen LogP contribution in [0, 0.1) is 5.92 Å². The molecule has 1 unspecified atom stereocenters. The summed E-state index contributed by atoms with van der Waals surface area (Å²) in [7, 11) is 0. The maximum Gasteiger partial charge on any atom is 0.306 e. The van der Waals surface area contributed by atoms with Gasteiger partial charge in [0.15, 0.2) is 0 Å². The topological polar surface area (TPSA) is 86.7 Å². The molecular weight excluding hydrogens is 308 g/mol. The van der Waals surface area contributed by atoms with Crippen LogP contribution in [-0.4, -0.2) is 45.9 Å². The minimum atomic E-state index is -0.874. The number of carbonyl (C=O) groups excluding carboxylic acids is 2. The van der Waals surface area contributed by atoms with Crippen LogP contribution >= 0.6 is 0 Å². The number of carbonyl (C=O) groups is 3. The van der Waals surface area contributed by atoms with Gasteiger partial charge in [0, 0.05) is 18.2 Å². The van der Waals surface area contributed by atoms with Crippen molar-refractivity contribution in [2.75, 3.05) is 6.54 Å². The van der Waals surface area contributed by atoms with Gasteiger partial charge in [-0.2, -0.15) is 0 Å². The van der Waals surface area contributed by atoms with Gasteiger partial charge in [-0.1, -0.05) is 18.2 Å². The van der Waals surface area contributed by atoms with E-state index in [9.17, 15) is 14.4 Å². The van der Waals surface area contributed by atoms with Crippen LogP contribution < -0.4 is 5.32 Å². The van der Waals surface area contributed by atoms with E-state index in [1.807, 2.05) is 6.07 Å². The molecule has 2 aliphatic rings. The summed E-state index contributed by atoms with van der Waals surface area (Å²) in [6.07, 6.45) is 2.32. The molecule has 2 fully saturated rings. The van der Waals surface area contributed by atoms with Crippen LogP contribution in [-0.2, 0) is 9.59 Å². The van der Waals surface area contributed by atoms with Gasteiger partial charge < -0.3 is 15.3 Å². The van der Waals surface area contributed by atoms with Crippen LogP contribution in [0.5, 0.6) is 0 Å². The fraction of sp³-hybridized carbons (Fsp3) is 0.500. The Kier molecular flexibility index (Phi) is 4.30. The number of nitrogens with one attached hydrogen (secondary N) is 1. The van der Waals surface area contributed by atoms with E-state index in [0.717, 1.165) is 6.42 Å². The largest absolute Gasteiger partial charge is 0.481 e. The SMILES string of the molecule is CC1(C(=O)NC2CC(C(=O)O)C2)CCCN1C(=O)c1ccccc1. The number of nitrogens with zero attached hydrogens (tertiary/aromatic N) is 1. The molecule has 6 nitrogen and oxygen atoms in total. The third-order valence-corrected chi connectivity index (χ3v) is 5.22. The van der Waals surface area contributed by atoms with Crippen LogP contribution in [0.25, 0.3) is 0 Å². The Morgan fingerprint density at radius 1 is 1.21 bits per heavy atom. The van der Waals surface area contributed by atoms with Crippen LogP contribution in [0.2, 0.25) is 0 Å². The maximum atomic E-state index is 12.7. The molecule has 0 bridgehead atoms. The highest BCUT2D eigenvalue weighted by Gasteiger charge is 2.47. The zero-order chi connectivity index (χ0) is 17.3. The summed E-state index contributed by atoms with van der Waals surface area (Å²) in [5.74, 6) is -1.50. The van der Waals surface area contributed by atoms with Crippen molar-refractivity contribution in [2.24, 2.45) is 5.92 Å². The zero-order valence-corrected chi connectivity index (χ0v) is 13.7. The number of carboxylic acid groups (broad SMARTS) is 1. The predicted octanol–water partition coefficient (Wildman–Crippen LogP) is 1.66. The molecule has 1 aliphatic carbocycles. The van der Waals surface area contributed by atoms with Crippen LogP contribution in [0.15, 0.2) is 30.3 Å². The van der Waals surface area contributed by atoms with Crippen LogP contribution in [0.3, 0.4) is 0 Å². The Labute approximate surface area is 140 Å². The summed E-state index contributed by atoms with van der Waals surface area (Å²) < 4.78 is 0. The van der Waals surface area contributed by atoms with Crippen molar-refractivity contribution in [1.29, 1.82) is 0 Å². The molecule has 0 aromatic heterocycles. The average Bonchev–Trinajstić information content (AvgIpc) is 2.93. The van der Waals surface area contributed by atoms with E-state index in [1.165, 1.54) is 0 Å². The molecule has 24 heavy (non-hydrogen) atoms. The van der Waals surface area contributed by atoms with E-state index in [1.54, 1.807) is 36.1 Å². The predicted molar refractivity (Wildman–Crippen MR) is 87.4 cm³/mol. The Balaban J connectivity index is 1.68. The van der Waals surface area contributed by atoms with Crippen LogP contribution in [0.1, 0.15) is 43.0 Å². The van der Waals surface area contributed by atoms with Crippen molar-refractivity contribution in [2.45, 2.75) is 44.2 Å². The number of benzene rings is 1. The van der Waals surface area contributed by atoms with Crippen molar-refractivity contribution >= 4 is 17.8 Å². The molecule has 0 spiro atoms. The minimum absolute atomic E-state index is 0.107. The van der Waals surface area contributed by atoms with E-state index in [2.05, 4.69) is 5.32 Å². The summed E-state index contributed by atoms with van der Waals surface area (Å²) in [5.41, 5.74) is -0.297. The molecule has 1 aromatic carbocycles. The van der Waals surface area contributed by atoms with Gasteiger partial charge in [0.1, 0.15) is 5.54 Å². The van der Waals surface area contributed by atoms with Gasteiger partial charge in [-0.05, 0) is 44.7 Å². The number of rotatable bonds is 4. The maximum absolute atomic E-state index is 12.7. The monoisotopic (exact) mass is 330 g/mol. The highest BCUT2D eigenvalue weighted by molar-refractivity contribution is 5.99. The summed E-state index contributed by atoms with van der Waals surface area (Å²) in [6.45, 7) is 2.35. The lowest BCUT2D eigenvalue weighted by Gasteiger charge is -2.39. The first kappa shape index (κ1) is 16.5. The van der Waals surface area contributed by atoms with Crippen molar-refractivity contribution in [3.63, 3.8) is 0 Å². The number of carboxylic acids is 1. The Bertz CT molecular complexity index is 654. The lowest BCUT2D eigenvalue weighted by atomic mass is 9.80. The van der Waals surface area contributed by atoms with Crippen molar-refractivity contribution in [3.8, 4) is 0 Å². The first-order chi connectivity index (χ1) is 11.4. The smallest absolute Gasteiger partial charge is 0.306 e. The van der Waals surface area contributed by atoms with E-state index < -0.39 is 11.5 Å². The number of amides is 2. The second kappa shape index (κ2) is 6.26. The van der Waals surface area contributed by atoms with Gasteiger partial charge in [0.2, 0.25) is 5.91 Å². The molecule has 2 N–H and O–H groups in total. The van der Waals surface area contributed by atoms with E-state index >= 15 is 0 Å². The molecule has 1 aromatic rings. The van der Waals surface area contributed by atoms with Gasteiger partial charge in [-0.25, -0.2) is 0 Å². The number of likely N-dealkylation sites (tertiary alicyclic amines) is 1. The first-order valence-electron chi connectivity index (χ1n) is 8.32. The number of hydrogen-bond donors (Lipinski definition) is 2. The van der Waals surface area contributed by atoms with Crippen molar-refractivity contribution in [3.05, 3.63) is 35.9 Å². The lowest BCUT2D eigenvalue weighted by molar-refractivity contribution is -0.146. The molecule has 1 saturated carbocycles. The molecule has 1 heterocycles. The van der Waals surface area contributed by atoms with Crippen molar-refractivity contribution < 1.29 is 19.5 Å². The van der Waals surface area contributed by atoms with E-state index in [-0.39, 0.29) is 23.8 Å². The van der Waals surface area contributed by atoms with Gasteiger partial charge in [0.25, 0.3) is 5.91 Å². The standard InChI is InChI=1S/C18H22N2O4/c1-18(17(24)19-14-10-13(11-14)16(22)23)8-5-9-20(18)15(21)12-6-3-2-4-7-12/h2-4,6-7,13-14H,5,8-11H2,1H3,(H,19,24)(H,22,23). The second-order valence-corrected chi connectivity index (χ2v) is 6.88. The van der Waals surface area contributed by atoms with Crippen LogP contribution in [0.4, 0.5) is 0 Å². The summed E-state index contributed by atoms with van der Waals surface area (Å²) in [4.78, 5) is 38.0. The average molecular weight is 330 g/mol. The fourth-order valence-corrected chi connectivity index (χ4v) is 3.54. The number of aliphatic carboxylic acids is 1. The molecule has 1 atom stereocenters. The fourth-order valence-electron chi connectivity index (χ4n) is 3.54. The molecule has 3 rings (SSSR count). The highest BCUT2D eigenvalue weighted by Crippen LogP contribution is 2.33. The molecule has 2 amide bonds. The molecule has 0 radical (unpaired) electrons. The molecule has 1 saturated heterocycles. The molecule has 128 valence electrons. The van der Waals surface area contributed by atoms with Gasteiger partial charge >= 0.3 is 5.97 Å². The van der Waals surface area contributed by atoms with E-state index in [0.29, 0.717) is 31.4 Å². The Morgan fingerprint density at radius 2 is 1.88 bits per heavy atom. The quantitative estimate of drug-likeness (QED) is 0.879. The number of hydrogen-bond acceptors (Lipinski definition) is 3.